The first-order valence-corrected chi connectivity index (χ1v) is 7.16. The van der Waals surface area contributed by atoms with Crippen LogP contribution in [0.1, 0.15) is 0 Å². The molecule has 5 nitrogen and oxygen atoms in total. The number of fused-ring (bicyclic) bond motifs is 1. The van der Waals surface area contributed by atoms with Gasteiger partial charge in [0, 0.05) is 5.39 Å². The Morgan fingerprint density at radius 1 is 1.21 bits per heavy atom. The number of halogens is 1. The summed E-state index contributed by atoms with van der Waals surface area (Å²) in [5, 5.41) is 9.99. The number of hydrogen-bond donors (Lipinski definition) is 2. The lowest BCUT2D eigenvalue weighted by Gasteiger charge is -2.09. The van der Waals surface area contributed by atoms with Crippen LogP contribution in [0.4, 0.5) is 0 Å². The maximum Gasteiger partial charge on any atom is 0.318 e. The third kappa shape index (κ3) is 2.86. The van der Waals surface area contributed by atoms with Crippen molar-refractivity contribution in [3.8, 4) is 0 Å². The fourth-order valence-corrected chi connectivity index (χ4v) is 3.26. The normalized spacial score (nSPS) is 11.6. The van der Waals surface area contributed by atoms with Crippen molar-refractivity contribution >= 4 is 38.4 Å². The van der Waals surface area contributed by atoms with Crippen LogP contribution < -0.4 is 4.72 Å². The van der Waals surface area contributed by atoms with Crippen LogP contribution in [-0.4, -0.2) is 26.0 Å². The summed E-state index contributed by atoms with van der Waals surface area (Å²) in [5.41, 5.74) is 0. The smallest absolute Gasteiger partial charge is 0.318 e. The molecule has 19 heavy (non-hydrogen) atoms. The van der Waals surface area contributed by atoms with E-state index < -0.39 is 22.5 Å². The van der Waals surface area contributed by atoms with Crippen molar-refractivity contribution in [3.05, 3.63) is 41.4 Å². The second-order valence-corrected chi connectivity index (χ2v) is 5.93. The maximum absolute atomic E-state index is 11.9. The van der Waals surface area contributed by atoms with Crippen molar-refractivity contribution in [2.75, 3.05) is 6.54 Å². The molecule has 0 aliphatic rings. The van der Waals surface area contributed by atoms with Crippen LogP contribution in [0.15, 0.2) is 41.3 Å². The van der Waals surface area contributed by atoms with Gasteiger partial charge in [-0.3, -0.25) is 4.79 Å². The van der Waals surface area contributed by atoms with Crippen molar-refractivity contribution in [1.29, 1.82) is 0 Å². The molecule has 0 aliphatic carbocycles. The summed E-state index contributed by atoms with van der Waals surface area (Å²) in [6.45, 7) is -0.689. The monoisotopic (exact) mass is 299 g/mol. The molecule has 0 spiro atoms. The molecular weight excluding hydrogens is 290 g/mol. The molecule has 2 aromatic carbocycles. The van der Waals surface area contributed by atoms with E-state index in [0.717, 1.165) is 5.39 Å². The Morgan fingerprint density at radius 3 is 2.58 bits per heavy atom. The van der Waals surface area contributed by atoms with Crippen LogP contribution in [-0.2, 0) is 14.8 Å². The van der Waals surface area contributed by atoms with E-state index in [9.17, 15) is 13.2 Å². The van der Waals surface area contributed by atoms with Gasteiger partial charge in [-0.25, -0.2) is 8.42 Å². The van der Waals surface area contributed by atoms with E-state index in [4.69, 9.17) is 16.7 Å². The van der Waals surface area contributed by atoms with Gasteiger partial charge < -0.3 is 5.11 Å². The minimum atomic E-state index is -3.94. The number of carboxylic acid groups (broad SMARTS) is 1. The highest BCUT2D eigenvalue weighted by atomic mass is 35.5. The zero-order chi connectivity index (χ0) is 14.0. The molecule has 0 unspecified atom stereocenters. The lowest BCUT2D eigenvalue weighted by Crippen LogP contribution is -2.29. The predicted octanol–water partition coefficient (Wildman–Crippen LogP) is 1.86. The Morgan fingerprint density at radius 2 is 1.89 bits per heavy atom. The summed E-state index contributed by atoms with van der Waals surface area (Å²) in [6, 6.07) is 10.0. The summed E-state index contributed by atoms with van der Waals surface area (Å²) in [5.74, 6) is -1.26. The summed E-state index contributed by atoms with van der Waals surface area (Å²) >= 11 is 6.07. The molecule has 0 amide bonds. The highest BCUT2D eigenvalue weighted by molar-refractivity contribution is 7.89. The van der Waals surface area contributed by atoms with Gasteiger partial charge in [-0.1, -0.05) is 41.9 Å². The molecule has 7 heteroatoms. The van der Waals surface area contributed by atoms with Gasteiger partial charge in [0.1, 0.15) is 11.4 Å². The molecule has 0 aromatic heterocycles. The molecule has 0 radical (unpaired) electrons. The molecule has 2 aromatic rings. The Kier molecular flexibility index (Phi) is 3.75. The quantitative estimate of drug-likeness (QED) is 0.902. The fourth-order valence-electron chi connectivity index (χ4n) is 1.66. The van der Waals surface area contributed by atoms with Crippen molar-refractivity contribution in [2.45, 2.75) is 4.90 Å². The van der Waals surface area contributed by atoms with Gasteiger partial charge >= 0.3 is 5.97 Å². The Hall–Kier alpha value is -1.63. The van der Waals surface area contributed by atoms with E-state index >= 15 is 0 Å². The minimum Gasteiger partial charge on any atom is -0.480 e. The van der Waals surface area contributed by atoms with E-state index in [1.165, 1.54) is 6.07 Å². The van der Waals surface area contributed by atoms with E-state index in [0.29, 0.717) is 5.39 Å². The van der Waals surface area contributed by atoms with Gasteiger partial charge in [0.25, 0.3) is 0 Å². The molecule has 2 rings (SSSR count). The fraction of sp³-hybridized carbons (Fsp3) is 0.0833. The number of sulfonamides is 1. The van der Waals surface area contributed by atoms with Crippen LogP contribution in [0.25, 0.3) is 10.8 Å². The Bertz CT molecular complexity index is 742. The second-order valence-electron chi connectivity index (χ2n) is 3.82. The summed E-state index contributed by atoms with van der Waals surface area (Å²) in [7, 11) is -3.94. The number of nitrogens with one attached hydrogen (secondary N) is 1. The molecule has 0 bridgehead atoms. The first-order valence-electron chi connectivity index (χ1n) is 5.30. The second kappa shape index (κ2) is 5.16. The van der Waals surface area contributed by atoms with Gasteiger partial charge in [-0.2, -0.15) is 4.72 Å². The molecule has 0 aliphatic heterocycles. The number of benzene rings is 2. The van der Waals surface area contributed by atoms with Gasteiger partial charge in [0.15, 0.2) is 0 Å². The van der Waals surface area contributed by atoms with Gasteiger partial charge in [-0.15, -0.1) is 0 Å². The Labute approximate surface area is 114 Å². The highest BCUT2D eigenvalue weighted by Gasteiger charge is 2.20. The zero-order valence-electron chi connectivity index (χ0n) is 9.63. The molecule has 0 fully saturated rings. The van der Waals surface area contributed by atoms with Crippen molar-refractivity contribution in [1.82, 2.24) is 4.72 Å². The number of rotatable bonds is 4. The summed E-state index contributed by atoms with van der Waals surface area (Å²) in [6.07, 6.45) is 0. The minimum absolute atomic E-state index is 0.0796. The van der Waals surface area contributed by atoms with E-state index in [1.807, 2.05) is 16.9 Å². The van der Waals surface area contributed by atoms with Crippen molar-refractivity contribution < 1.29 is 18.3 Å². The topological polar surface area (TPSA) is 83.5 Å². The number of carboxylic acids is 1. The van der Waals surface area contributed by atoms with E-state index in [1.54, 1.807) is 18.2 Å². The molecule has 0 heterocycles. The average Bonchev–Trinajstić information content (AvgIpc) is 2.37. The van der Waals surface area contributed by atoms with Gasteiger partial charge in [0.2, 0.25) is 10.0 Å². The third-order valence-corrected chi connectivity index (χ3v) is 4.49. The largest absolute Gasteiger partial charge is 0.480 e. The molecule has 100 valence electrons. The average molecular weight is 300 g/mol. The number of carbonyl (C=O) groups is 1. The standard InChI is InChI=1S/C12H10ClNO4S/c13-12-9-4-2-1-3-8(9)5-6-10(12)19(17,18)14-7-11(15)16/h1-6,14H,7H2,(H,15,16). The van der Waals surface area contributed by atoms with Gasteiger partial charge in [-0.05, 0) is 11.5 Å². The predicted molar refractivity (Wildman–Crippen MR) is 71.8 cm³/mol. The molecular formula is C12H10ClNO4S. The molecule has 2 N–H and O–H groups in total. The van der Waals surface area contributed by atoms with Crippen LogP contribution in [0, 0.1) is 0 Å². The summed E-state index contributed by atoms with van der Waals surface area (Å²) in [4.78, 5) is 10.3. The van der Waals surface area contributed by atoms with Crippen LogP contribution in [0.5, 0.6) is 0 Å². The molecule has 0 saturated carbocycles. The summed E-state index contributed by atoms with van der Waals surface area (Å²) < 4.78 is 25.9. The Balaban J connectivity index is 2.51. The van der Waals surface area contributed by atoms with Crippen LogP contribution in [0.2, 0.25) is 5.02 Å². The third-order valence-electron chi connectivity index (χ3n) is 2.53. The van der Waals surface area contributed by atoms with Crippen LogP contribution in [0.3, 0.4) is 0 Å². The first kappa shape index (κ1) is 13.8. The lowest BCUT2D eigenvalue weighted by atomic mass is 10.1. The number of hydrogen-bond acceptors (Lipinski definition) is 3. The van der Waals surface area contributed by atoms with E-state index in [-0.39, 0.29) is 9.92 Å². The lowest BCUT2D eigenvalue weighted by molar-refractivity contribution is -0.135. The maximum atomic E-state index is 11.9. The molecule has 0 atom stereocenters. The van der Waals surface area contributed by atoms with Crippen molar-refractivity contribution in [2.24, 2.45) is 0 Å². The van der Waals surface area contributed by atoms with E-state index in [2.05, 4.69) is 0 Å². The first-order chi connectivity index (χ1) is 8.92. The SMILES string of the molecule is O=C(O)CNS(=O)(=O)c1ccc2ccccc2c1Cl. The van der Waals surface area contributed by atoms with Crippen LogP contribution >= 0.6 is 11.6 Å². The number of aliphatic carboxylic acids is 1. The highest BCUT2D eigenvalue weighted by Crippen LogP contribution is 2.29. The zero-order valence-corrected chi connectivity index (χ0v) is 11.2. The molecule has 0 saturated heterocycles. The van der Waals surface area contributed by atoms with Gasteiger partial charge in [0.05, 0.1) is 5.02 Å². The van der Waals surface area contributed by atoms with Crippen molar-refractivity contribution in [3.63, 3.8) is 0 Å².